The van der Waals surface area contributed by atoms with Gasteiger partial charge in [-0.3, -0.25) is 4.79 Å². The van der Waals surface area contributed by atoms with E-state index < -0.39 is 0 Å². The molecule has 0 heterocycles. The number of thiol groups is 1. The van der Waals surface area contributed by atoms with E-state index in [0.29, 0.717) is 18.8 Å². The van der Waals surface area contributed by atoms with Gasteiger partial charge in [-0.05, 0) is 12.7 Å². The molecule has 0 bridgehead atoms. The molecular formula is C7H15NO2S. The van der Waals surface area contributed by atoms with Crippen LogP contribution in [0.1, 0.15) is 13.3 Å². The first-order valence-electron chi connectivity index (χ1n) is 3.60. The standard InChI is InChI=1S/C7H15NO2S/c1-6(5-10-2)8-7(9)3-4-11/h6,11H,3-5H2,1-2H3,(H,8,9). The second-order valence-corrected chi connectivity index (χ2v) is 2.84. The van der Waals surface area contributed by atoms with Gasteiger partial charge in [0, 0.05) is 19.6 Å². The maximum atomic E-state index is 10.9. The highest BCUT2D eigenvalue weighted by atomic mass is 32.1. The summed E-state index contributed by atoms with van der Waals surface area (Å²) in [7, 11) is 1.61. The minimum Gasteiger partial charge on any atom is -0.383 e. The predicted molar refractivity (Wildman–Crippen MR) is 48.0 cm³/mol. The summed E-state index contributed by atoms with van der Waals surface area (Å²) in [6, 6.07) is 0.0902. The number of hydrogen-bond donors (Lipinski definition) is 2. The third kappa shape index (κ3) is 6.19. The maximum Gasteiger partial charge on any atom is 0.221 e. The van der Waals surface area contributed by atoms with Gasteiger partial charge in [0.25, 0.3) is 0 Å². The average molecular weight is 177 g/mol. The highest BCUT2D eigenvalue weighted by Crippen LogP contribution is 1.87. The molecule has 3 nitrogen and oxygen atoms in total. The SMILES string of the molecule is COCC(C)NC(=O)CCS. The van der Waals surface area contributed by atoms with E-state index in [-0.39, 0.29) is 11.9 Å². The molecule has 0 rings (SSSR count). The smallest absolute Gasteiger partial charge is 0.221 e. The lowest BCUT2D eigenvalue weighted by Gasteiger charge is -2.11. The van der Waals surface area contributed by atoms with E-state index in [4.69, 9.17) is 4.74 Å². The van der Waals surface area contributed by atoms with Crippen molar-refractivity contribution in [2.75, 3.05) is 19.5 Å². The molecular weight excluding hydrogens is 162 g/mol. The molecule has 1 N–H and O–H groups in total. The third-order valence-electron chi connectivity index (χ3n) is 1.16. The molecule has 66 valence electrons. The lowest BCUT2D eigenvalue weighted by molar-refractivity contribution is -0.121. The van der Waals surface area contributed by atoms with Gasteiger partial charge < -0.3 is 10.1 Å². The monoisotopic (exact) mass is 177 g/mol. The fraction of sp³-hybridized carbons (Fsp3) is 0.857. The summed E-state index contributed by atoms with van der Waals surface area (Å²) in [6.07, 6.45) is 0.469. The molecule has 0 aromatic heterocycles. The molecule has 1 atom stereocenters. The third-order valence-corrected chi connectivity index (χ3v) is 1.39. The van der Waals surface area contributed by atoms with Crippen LogP contribution in [0.4, 0.5) is 0 Å². The van der Waals surface area contributed by atoms with E-state index in [1.54, 1.807) is 7.11 Å². The molecule has 0 fully saturated rings. The van der Waals surface area contributed by atoms with E-state index in [9.17, 15) is 4.79 Å². The zero-order valence-corrected chi connectivity index (χ0v) is 7.86. The van der Waals surface area contributed by atoms with E-state index in [2.05, 4.69) is 17.9 Å². The molecule has 0 aliphatic heterocycles. The van der Waals surface area contributed by atoms with E-state index in [1.165, 1.54) is 0 Å². The zero-order chi connectivity index (χ0) is 8.69. The molecule has 1 unspecified atom stereocenters. The number of hydrogen-bond acceptors (Lipinski definition) is 3. The minimum atomic E-state index is 0.0320. The first-order valence-corrected chi connectivity index (χ1v) is 4.23. The zero-order valence-electron chi connectivity index (χ0n) is 6.96. The summed E-state index contributed by atoms with van der Waals surface area (Å²) < 4.78 is 4.85. The van der Waals surface area contributed by atoms with Crippen LogP contribution in [0, 0.1) is 0 Å². The van der Waals surface area contributed by atoms with Gasteiger partial charge in [-0.1, -0.05) is 0 Å². The molecule has 1 amide bonds. The van der Waals surface area contributed by atoms with E-state index in [1.807, 2.05) is 6.92 Å². The molecule has 0 aromatic carbocycles. The number of nitrogens with one attached hydrogen (secondary N) is 1. The second kappa shape index (κ2) is 6.49. The Bertz CT molecular complexity index is 119. The molecule has 0 spiro atoms. The van der Waals surface area contributed by atoms with Crippen molar-refractivity contribution in [3.63, 3.8) is 0 Å². The van der Waals surface area contributed by atoms with Crippen molar-refractivity contribution < 1.29 is 9.53 Å². The Balaban J connectivity index is 3.40. The van der Waals surface area contributed by atoms with E-state index in [0.717, 1.165) is 0 Å². The van der Waals surface area contributed by atoms with Crippen molar-refractivity contribution >= 4 is 18.5 Å². The minimum absolute atomic E-state index is 0.0320. The molecule has 0 aliphatic carbocycles. The van der Waals surface area contributed by atoms with Gasteiger partial charge in [0.1, 0.15) is 0 Å². The van der Waals surface area contributed by atoms with Gasteiger partial charge in [-0.25, -0.2) is 0 Å². The first kappa shape index (κ1) is 10.8. The first-order chi connectivity index (χ1) is 5.20. The van der Waals surface area contributed by atoms with Crippen molar-refractivity contribution in [2.24, 2.45) is 0 Å². The van der Waals surface area contributed by atoms with Crippen molar-refractivity contribution in [3.05, 3.63) is 0 Å². The summed E-state index contributed by atoms with van der Waals surface area (Å²) in [6.45, 7) is 2.46. The van der Waals surface area contributed by atoms with Crippen LogP contribution in [0.2, 0.25) is 0 Å². The molecule has 4 heteroatoms. The summed E-state index contributed by atoms with van der Waals surface area (Å²) in [5.74, 6) is 0.621. The Morgan fingerprint density at radius 3 is 2.82 bits per heavy atom. The fourth-order valence-corrected chi connectivity index (χ4v) is 0.943. The molecule has 0 radical (unpaired) electrons. The molecule has 0 saturated carbocycles. The molecule has 0 aromatic rings. The van der Waals surface area contributed by atoms with Crippen LogP contribution in [0.5, 0.6) is 0 Å². The number of carbonyl (C=O) groups is 1. The van der Waals surface area contributed by atoms with Crippen molar-refractivity contribution in [3.8, 4) is 0 Å². The quantitative estimate of drug-likeness (QED) is 0.599. The van der Waals surface area contributed by atoms with Crippen LogP contribution in [0.3, 0.4) is 0 Å². The van der Waals surface area contributed by atoms with Crippen LogP contribution < -0.4 is 5.32 Å². The average Bonchev–Trinajstić information content (AvgIpc) is 1.87. The van der Waals surface area contributed by atoms with Crippen molar-refractivity contribution in [1.29, 1.82) is 0 Å². The summed E-state index contributed by atoms with van der Waals surface area (Å²) >= 11 is 3.94. The van der Waals surface area contributed by atoms with Gasteiger partial charge in [0.2, 0.25) is 5.91 Å². The highest BCUT2D eigenvalue weighted by Gasteiger charge is 2.04. The van der Waals surface area contributed by atoms with Crippen molar-refractivity contribution in [2.45, 2.75) is 19.4 Å². The van der Waals surface area contributed by atoms with Crippen LogP contribution in [-0.2, 0) is 9.53 Å². The molecule has 0 aliphatic rings. The van der Waals surface area contributed by atoms with Crippen molar-refractivity contribution in [1.82, 2.24) is 5.32 Å². The summed E-state index contributed by atoms with van der Waals surface area (Å²) in [4.78, 5) is 10.9. The van der Waals surface area contributed by atoms with Crippen LogP contribution >= 0.6 is 12.6 Å². The Kier molecular flexibility index (Phi) is 6.36. The number of ether oxygens (including phenoxy) is 1. The predicted octanol–water partition coefficient (Wildman–Crippen LogP) is 0.457. The Hall–Kier alpha value is -0.220. The number of methoxy groups -OCH3 is 1. The summed E-state index contributed by atoms with van der Waals surface area (Å²) in [5.41, 5.74) is 0. The van der Waals surface area contributed by atoms with Gasteiger partial charge >= 0.3 is 0 Å². The van der Waals surface area contributed by atoms with Crippen LogP contribution in [0.15, 0.2) is 0 Å². The molecule has 11 heavy (non-hydrogen) atoms. The summed E-state index contributed by atoms with van der Waals surface area (Å²) in [5, 5.41) is 2.77. The second-order valence-electron chi connectivity index (χ2n) is 2.40. The van der Waals surface area contributed by atoms with Crippen LogP contribution in [-0.4, -0.2) is 31.4 Å². The number of carbonyl (C=O) groups excluding carboxylic acids is 1. The topological polar surface area (TPSA) is 38.3 Å². The maximum absolute atomic E-state index is 10.9. The van der Waals surface area contributed by atoms with Gasteiger partial charge in [0.05, 0.1) is 6.61 Å². The normalized spacial score (nSPS) is 12.6. The molecule has 0 saturated heterocycles. The lowest BCUT2D eigenvalue weighted by atomic mass is 10.3. The highest BCUT2D eigenvalue weighted by molar-refractivity contribution is 7.80. The Morgan fingerprint density at radius 2 is 2.36 bits per heavy atom. The van der Waals surface area contributed by atoms with Gasteiger partial charge in [-0.15, -0.1) is 0 Å². The lowest BCUT2D eigenvalue weighted by Crippen LogP contribution is -2.35. The van der Waals surface area contributed by atoms with Gasteiger partial charge in [0.15, 0.2) is 0 Å². The number of amides is 1. The Labute approximate surface area is 72.9 Å². The van der Waals surface area contributed by atoms with Gasteiger partial charge in [-0.2, -0.15) is 12.6 Å². The fourth-order valence-electron chi connectivity index (χ4n) is 0.740. The van der Waals surface area contributed by atoms with Crippen LogP contribution in [0.25, 0.3) is 0 Å². The largest absolute Gasteiger partial charge is 0.383 e. The Morgan fingerprint density at radius 1 is 1.73 bits per heavy atom. The number of rotatable bonds is 5. The van der Waals surface area contributed by atoms with E-state index >= 15 is 0 Å².